The van der Waals surface area contributed by atoms with E-state index in [9.17, 15) is 0 Å². The first kappa shape index (κ1) is 35.9. The molecule has 1 unspecified atom stereocenters. The van der Waals surface area contributed by atoms with Crippen molar-refractivity contribution in [3.8, 4) is 45.1 Å². The monoisotopic (exact) mass is 911 g/mol. The predicted molar refractivity (Wildman–Crippen MR) is 226 cm³/mol. The summed E-state index contributed by atoms with van der Waals surface area (Å²) >= 11 is 2.50. The average Bonchev–Trinajstić information content (AvgIpc) is 3.52. The molecule has 0 fully saturated rings. The van der Waals surface area contributed by atoms with Crippen LogP contribution in [0.5, 0.6) is 11.5 Å². The Morgan fingerprint density at radius 2 is 1.27 bits per heavy atom. The van der Waals surface area contributed by atoms with E-state index in [0.717, 1.165) is 62.2 Å². The van der Waals surface area contributed by atoms with Gasteiger partial charge in [0, 0.05) is 6.20 Å². The molecule has 5 nitrogen and oxygen atoms in total. The van der Waals surface area contributed by atoms with E-state index in [0.29, 0.717) is 5.92 Å². The topological polar surface area (TPSA) is 35.2 Å². The molecule has 0 radical (unpaired) electrons. The van der Waals surface area contributed by atoms with Gasteiger partial charge in [-0.3, -0.25) is 0 Å². The molecular weight excluding hydrogens is 868 g/mol. The molecule has 1 aliphatic rings. The zero-order valence-corrected chi connectivity index (χ0v) is 34.4. The van der Waals surface area contributed by atoms with Gasteiger partial charge in [-0.25, -0.2) is 0 Å². The van der Waals surface area contributed by atoms with Gasteiger partial charge < -0.3 is 0 Å². The molecule has 6 aromatic carbocycles. The van der Waals surface area contributed by atoms with Gasteiger partial charge in [-0.1, -0.05) is 27.7 Å². The van der Waals surface area contributed by atoms with Crippen LogP contribution in [-0.2, 0) is 31.2 Å². The number of aromatic nitrogens is 3. The minimum absolute atomic E-state index is 0.0372. The van der Waals surface area contributed by atoms with Crippen LogP contribution in [-0.4, -0.2) is 20.7 Å². The fraction of sp³-hybridized carbons (Fsp3) is 0.160. The summed E-state index contributed by atoms with van der Waals surface area (Å²) < 4.78 is 12.5. The van der Waals surface area contributed by atoms with Crippen LogP contribution in [0.1, 0.15) is 38.8 Å². The summed E-state index contributed by atoms with van der Waals surface area (Å²) in [5, 5.41) is 0. The number of ether oxygens (including phenoxy) is 1. The van der Waals surface area contributed by atoms with Crippen LogP contribution in [0.4, 0.5) is 11.5 Å². The maximum atomic E-state index is 6.72. The van der Waals surface area contributed by atoms with Crippen molar-refractivity contribution in [2.45, 2.75) is 39.5 Å². The number of fused-ring (bicyclic) bond motifs is 2. The number of hydrogen-bond donors (Lipinski definition) is 0. The van der Waals surface area contributed by atoms with E-state index in [1.54, 1.807) is 0 Å². The van der Waals surface area contributed by atoms with E-state index in [4.69, 9.17) is 9.72 Å². The number of benzene rings is 6. The molecule has 0 aliphatic carbocycles. The molecule has 0 saturated carbocycles. The summed E-state index contributed by atoms with van der Waals surface area (Å²) in [6, 6.07) is 56.0. The Bertz CT molecular complexity index is 2700. The van der Waals surface area contributed by atoms with E-state index in [1.165, 1.54) is 33.4 Å². The Labute approximate surface area is 339 Å². The van der Waals surface area contributed by atoms with Gasteiger partial charge in [0.15, 0.2) is 0 Å². The van der Waals surface area contributed by atoms with Gasteiger partial charge in [0.2, 0.25) is 0 Å². The molecule has 0 N–H and O–H groups in total. The maximum absolute atomic E-state index is 6.72. The normalized spacial score (nSPS) is 14.2. The van der Waals surface area contributed by atoms with Crippen molar-refractivity contribution in [2.75, 3.05) is 11.4 Å². The van der Waals surface area contributed by atoms with Crippen LogP contribution in [0.25, 0.3) is 44.7 Å². The van der Waals surface area contributed by atoms with Crippen molar-refractivity contribution in [3.63, 3.8) is 0 Å². The number of rotatable bonds is 7. The SMILES string of the molecule is CC1Cc2ccc(Oc3cccc(-n4[c](=[Pt])n(-c5c(-c6ccccc6)cccc5-c5ccccc5)c5ccccc54)c3)cc2N(c2cc(C(C)(C)C)ccn2)C1. The van der Waals surface area contributed by atoms with Gasteiger partial charge in [-0.2, -0.15) is 0 Å². The summed E-state index contributed by atoms with van der Waals surface area (Å²) in [7, 11) is 0. The van der Waals surface area contributed by atoms with Crippen LogP contribution in [0.15, 0.2) is 164 Å². The van der Waals surface area contributed by atoms with Gasteiger partial charge >= 0.3 is 291 Å². The molecule has 56 heavy (non-hydrogen) atoms. The molecule has 280 valence electrons. The Hall–Kier alpha value is -5.77. The molecule has 8 aromatic rings. The molecule has 2 aromatic heterocycles. The third-order valence-electron chi connectivity index (χ3n) is 10.7. The second-order valence-electron chi connectivity index (χ2n) is 15.8. The van der Waals surface area contributed by atoms with Gasteiger partial charge in [0.25, 0.3) is 0 Å². The van der Waals surface area contributed by atoms with Gasteiger partial charge in [-0.15, -0.1) is 0 Å². The van der Waals surface area contributed by atoms with E-state index >= 15 is 0 Å². The summed E-state index contributed by atoms with van der Waals surface area (Å²) in [6.45, 7) is 9.98. The van der Waals surface area contributed by atoms with Gasteiger partial charge in [-0.05, 0) is 17.0 Å². The Balaban J connectivity index is 1.14. The van der Waals surface area contributed by atoms with E-state index in [2.05, 4.69) is 213 Å². The average molecular weight is 912 g/mol. The van der Waals surface area contributed by atoms with Crippen LogP contribution in [0.2, 0.25) is 0 Å². The van der Waals surface area contributed by atoms with E-state index in [-0.39, 0.29) is 5.41 Å². The fourth-order valence-electron chi connectivity index (χ4n) is 8.01. The first-order chi connectivity index (χ1) is 27.2. The number of nitrogens with zero attached hydrogens (tertiary/aromatic N) is 4. The molecule has 6 heteroatoms. The fourth-order valence-corrected chi connectivity index (χ4v) is 9.10. The zero-order valence-electron chi connectivity index (χ0n) is 32.1. The summed E-state index contributed by atoms with van der Waals surface area (Å²) in [5.74, 6) is 3.08. The van der Waals surface area contributed by atoms with Crippen LogP contribution < -0.4 is 9.64 Å². The van der Waals surface area contributed by atoms with Crippen LogP contribution >= 0.6 is 0 Å². The number of pyridine rings is 1. The number of imidazole rings is 1. The number of anilines is 2. The molecule has 3 heterocycles. The van der Waals surface area contributed by atoms with Crippen molar-refractivity contribution < 1.29 is 24.1 Å². The Morgan fingerprint density at radius 1 is 0.643 bits per heavy atom. The van der Waals surface area contributed by atoms with Crippen molar-refractivity contribution >= 4 is 22.5 Å². The first-order valence-electron chi connectivity index (χ1n) is 19.3. The molecule has 1 atom stereocenters. The standard InChI is InChI=1S/C50H44N4O.Pt/c1-35-29-38-25-26-42(32-47(38)52(33-35)48-30-39(27-28-51-48)50(2,3)4)55-41-20-13-19-40(31-41)53-34-54(46-24-12-11-23-45(46)53)49-43(36-15-7-5-8-16-36)21-14-22-44(49)37-17-9-6-10-18-37;/h5-28,30-32,35H,29,33H2,1-4H3;. The van der Waals surface area contributed by atoms with Crippen molar-refractivity contribution in [1.82, 2.24) is 14.1 Å². The summed E-state index contributed by atoms with van der Waals surface area (Å²) in [6.07, 6.45) is 2.97. The molecule has 0 spiro atoms. The van der Waals surface area contributed by atoms with Crippen molar-refractivity contribution in [3.05, 3.63) is 179 Å². The molecule has 0 amide bonds. The van der Waals surface area contributed by atoms with Gasteiger partial charge in [0.05, 0.1) is 0 Å². The molecule has 0 saturated heterocycles. The first-order valence-corrected chi connectivity index (χ1v) is 20.4. The van der Waals surface area contributed by atoms with Crippen LogP contribution in [0, 0.1) is 9.72 Å². The Morgan fingerprint density at radius 3 is 1.95 bits per heavy atom. The van der Waals surface area contributed by atoms with Gasteiger partial charge in [0.1, 0.15) is 0 Å². The number of hydrogen-bond acceptors (Lipinski definition) is 3. The Kier molecular flexibility index (Phi) is 9.43. The van der Waals surface area contributed by atoms with E-state index < -0.39 is 0 Å². The molecule has 0 bridgehead atoms. The second kappa shape index (κ2) is 14.7. The second-order valence-corrected chi connectivity index (χ2v) is 16.8. The van der Waals surface area contributed by atoms with Crippen LogP contribution in [0.3, 0.4) is 0 Å². The predicted octanol–water partition coefficient (Wildman–Crippen LogP) is 12.6. The third kappa shape index (κ3) is 6.75. The summed E-state index contributed by atoms with van der Waals surface area (Å²) in [5.41, 5.74) is 12.9. The molecular formula is C50H44N4OPt. The zero-order chi connectivity index (χ0) is 38.4. The quantitative estimate of drug-likeness (QED) is 0.160. The third-order valence-corrected chi connectivity index (χ3v) is 11.8. The van der Waals surface area contributed by atoms with E-state index in [1.807, 2.05) is 12.3 Å². The van der Waals surface area contributed by atoms with Crippen molar-refractivity contribution in [1.29, 1.82) is 0 Å². The summed E-state index contributed by atoms with van der Waals surface area (Å²) in [4.78, 5) is 7.22. The van der Waals surface area contributed by atoms with Crippen molar-refractivity contribution in [2.24, 2.45) is 5.92 Å². The molecule has 1 aliphatic heterocycles. The minimum atomic E-state index is 0.0372. The number of para-hydroxylation sites is 3. The molecule has 9 rings (SSSR count).